The predicted molar refractivity (Wildman–Crippen MR) is 180 cm³/mol. The first-order valence-electron chi connectivity index (χ1n) is 14.4. The highest BCUT2D eigenvalue weighted by Crippen LogP contribution is 2.46. The fraction of sp³-hybridized carbons (Fsp3) is 0.0769. The van der Waals surface area contributed by atoms with Gasteiger partial charge in [0.1, 0.15) is 0 Å². The predicted octanol–water partition coefficient (Wildman–Crippen LogP) is 11.0. The zero-order chi connectivity index (χ0) is 28.9. The van der Waals surface area contributed by atoms with Crippen LogP contribution in [0.1, 0.15) is 11.1 Å². The fourth-order valence-electron chi connectivity index (χ4n) is 5.48. The monoisotopic (exact) mass is 545 g/mol. The Morgan fingerprint density at radius 2 is 0.619 bits per heavy atom. The molecule has 206 valence electrons. The van der Waals surface area contributed by atoms with Crippen LogP contribution in [0.25, 0.3) is 0 Å². The quantitative estimate of drug-likeness (QED) is 0.188. The summed E-state index contributed by atoms with van der Waals surface area (Å²) < 4.78 is 0. The Kier molecular flexibility index (Phi) is 7.74. The van der Waals surface area contributed by atoms with Gasteiger partial charge in [-0.05, 0) is 97.8 Å². The zero-order valence-corrected chi connectivity index (χ0v) is 24.4. The molecule has 0 saturated carbocycles. The molecule has 0 aliphatic rings. The van der Waals surface area contributed by atoms with E-state index in [-0.39, 0.29) is 0 Å². The summed E-state index contributed by atoms with van der Waals surface area (Å²) in [5.74, 6) is 0. The summed E-state index contributed by atoms with van der Waals surface area (Å²) in [4.78, 5) is 7.01. The van der Waals surface area contributed by atoms with E-state index in [2.05, 4.69) is 193 Å². The molecule has 6 rings (SSSR count). The van der Waals surface area contributed by atoms with Crippen molar-refractivity contribution in [3.8, 4) is 0 Å². The molecule has 0 amide bonds. The van der Waals surface area contributed by atoms with Crippen LogP contribution in [0.15, 0.2) is 158 Å². The summed E-state index contributed by atoms with van der Waals surface area (Å²) in [7, 11) is 2.17. The molecule has 0 aliphatic heterocycles. The standard InChI is InChI=1S/C39H35N3/c1-30-24-26-36(38(28-30)41(32-16-8-4-9-17-32)33-18-10-5-11-19-33)40(3)37-27-25-31(2)29-39(37)42(34-20-12-6-13-21-34)35-22-14-7-15-23-35/h4-29H,1-3H3. The Morgan fingerprint density at radius 1 is 0.333 bits per heavy atom. The summed E-state index contributed by atoms with van der Waals surface area (Å²) in [6, 6.07) is 55.8. The van der Waals surface area contributed by atoms with Gasteiger partial charge in [0.2, 0.25) is 0 Å². The van der Waals surface area contributed by atoms with E-state index in [9.17, 15) is 0 Å². The van der Waals surface area contributed by atoms with Crippen LogP contribution in [0.2, 0.25) is 0 Å². The number of aryl methyl sites for hydroxylation is 2. The Labute approximate surface area is 249 Å². The van der Waals surface area contributed by atoms with Crippen LogP contribution in [-0.2, 0) is 0 Å². The molecule has 0 spiro atoms. The van der Waals surface area contributed by atoms with Crippen LogP contribution in [0.3, 0.4) is 0 Å². The van der Waals surface area contributed by atoms with Crippen molar-refractivity contribution in [1.82, 2.24) is 0 Å². The van der Waals surface area contributed by atoms with E-state index < -0.39 is 0 Å². The van der Waals surface area contributed by atoms with Gasteiger partial charge in [-0.3, -0.25) is 0 Å². The second-order valence-electron chi connectivity index (χ2n) is 10.6. The summed E-state index contributed by atoms with van der Waals surface area (Å²) >= 11 is 0. The third-order valence-corrected chi connectivity index (χ3v) is 7.52. The smallest absolute Gasteiger partial charge is 0.0701 e. The number of rotatable bonds is 8. The Bertz CT molecular complexity index is 1540. The van der Waals surface area contributed by atoms with Gasteiger partial charge in [-0.1, -0.05) is 84.9 Å². The molecule has 3 heteroatoms. The van der Waals surface area contributed by atoms with Crippen molar-refractivity contribution < 1.29 is 0 Å². The van der Waals surface area contributed by atoms with Gasteiger partial charge < -0.3 is 14.7 Å². The van der Waals surface area contributed by atoms with Crippen LogP contribution in [0.5, 0.6) is 0 Å². The van der Waals surface area contributed by atoms with E-state index in [0.717, 1.165) is 45.5 Å². The first-order valence-corrected chi connectivity index (χ1v) is 14.4. The molecule has 0 unspecified atom stereocenters. The summed E-state index contributed by atoms with van der Waals surface area (Å²) in [6.07, 6.45) is 0. The number of para-hydroxylation sites is 4. The van der Waals surface area contributed by atoms with Gasteiger partial charge in [0, 0.05) is 29.8 Å². The van der Waals surface area contributed by atoms with E-state index in [4.69, 9.17) is 0 Å². The van der Waals surface area contributed by atoms with E-state index in [0.29, 0.717) is 0 Å². The van der Waals surface area contributed by atoms with Crippen molar-refractivity contribution in [2.24, 2.45) is 0 Å². The number of benzene rings is 6. The summed E-state index contributed by atoms with van der Waals surface area (Å²) in [6.45, 7) is 4.32. The second-order valence-corrected chi connectivity index (χ2v) is 10.6. The lowest BCUT2D eigenvalue weighted by Crippen LogP contribution is -2.20. The molecular weight excluding hydrogens is 510 g/mol. The van der Waals surface area contributed by atoms with Crippen molar-refractivity contribution in [2.45, 2.75) is 13.8 Å². The Hall–Kier alpha value is -5.28. The van der Waals surface area contributed by atoms with Crippen molar-refractivity contribution in [1.29, 1.82) is 0 Å². The molecule has 6 aromatic rings. The van der Waals surface area contributed by atoms with E-state index in [1.165, 1.54) is 11.1 Å². The van der Waals surface area contributed by atoms with Gasteiger partial charge in [-0.2, -0.15) is 0 Å². The molecule has 0 aliphatic carbocycles. The van der Waals surface area contributed by atoms with E-state index in [1.807, 2.05) is 0 Å². The van der Waals surface area contributed by atoms with Gasteiger partial charge in [-0.25, -0.2) is 0 Å². The van der Waals surface area contributed by atoms with Crippen molar-refractivity contribution in [2.75, 3.05) is 21.7 Å². The molecule has 0 aromatic heterocycles. The average molecular weight is 546 g/mol. The molecule has 6 aromatic carbocycles. The highest BCUT2D eigenvalue weighted by molar-refractivity contribution is 5.92. The van der Waals surface area contributed by atoms with Crippen molar-refractivity contribution >= 4 is 45.5 Å². The number of hydrogen-bond donors (Lipinski definition) is 0. The number of nitrogens with zero attached hydrogens (tertiary/aromatic N) is 3. The van der Waals surface area contributed by atoms with Gasteiger partial charge in [0.05, 0.1) is 22.7 Å². The van der Waals surface area contributed by atoms with Crippen LogP contribution in [0, 0.1) is 13.8 Å². The first-order chi connectivity index (χ1) is 20.6. The maximum atomic E-state index is 2.35. The maximum absolute atomic E-state index is 2.35. The summed E-state index contributed by atoms with van der Waals surface area (Å²) in [5.41, 5.74) is 11.3. The van der Waals surface area contributed by atoms with Gasteiger partial charge in [0.15, 0.2) is 0 Å². The fourth-order valence-corrected chi connectivity index (χ4v) is 5.48. The van der Waals surface area contributed by atoms with E-state index >= 15 is 0 Å². The lowest BCUT2D eigenvalue weighted by molar-refractivity contribution is 1.15. The first kappa shape index (κ1) is 26.9. The minimum absolute atomic E-state index is 1.11. The largest absolute Gasteiger partial charge is 0.341 e. The SMILES string of the molecule is Cc1ccc(N(C)c2ccc(C)cc2N(c2ccccc2)c2ccccc2)c(N(c2ccccc2)c2ccccc2)c1. The van der Waals surface area contributed by atoms with Crippen LogP contribution in [-0.4, -0.2) is 7.05 Å². The third-order valence-electron chi connectivity index (χ3n) is 7.52. The molecule has 42 heavy (non-hydrogen) atoms. The number of anilines is 8. The molecule has 3 nitrogen and oxygen atoms in total. The van der Waals surface area contributed by atoms with Gasteiger partial charge in [-0.15, -0.1) is 0 Å². The Morgan fingerprint density at radius 3 is 0.905 bits per heavy atom. The normalized spacial score (nSPS) is 10.7. The molecule has 0 atom stereocenters. The molecule has 0 radical (unpaired) electrons. The molecule has 0 N–H and O–H groups in total. The van der Waals surface area contributed by atoms with Crippen molar-refractivity contribution in [3.63, 3.8) is 0 Å². The van der Waals surface area contributed by atoms with Crippen molar-refractivity contribution in [3.05, 3.63) is 169 Å². The lowest BCUT2D eigenvalue weighted by Gasteiger charge is -2.34. The lowest BCUT2D eigenvalue weighted by atomic mass is 10.1. The topological polar surface area (TPSA) is 9.72 Å². The van der Waals surface area contributed by atoms with Crippen LogP contribution < -0.4 is 14.7 Å². The zero-order valence-electron chi connectivity index (χ0n) is 24.4. The number of hydrogen-bond acceptors (Lipinski definition) is 3. The van der Waals surface area contributed by atoms with Gasteiger partial charge in [0.25, 0.3) is 0 Å². The molecule has 0 heterocycles. The van der Waals surface area contributed by atoms with Crippen LogP contribution in [0.4, 0.5) is 45.5 Å². The second kappa shape index (κ2) is 12.1. The molecular formula is C39H35N3. The summed E-state index contributed by atoms with van der Waals surface area (Å²) in [5, 5.41) is 0. The maximum Gasteiger partial charge on any atom is 0.0701 e. The highest BCUT2D eigenvalue weighted by atomic mass is 15.2. The van der Waals surface area contributed by atoms with Gasteiger partial charge >= 0.3 is 0 Å². The molecule has 0 saturated heterocycles. The minimum atomic E-state index is 1.11. The molecule has 0 fully saturated rings. The highest BCUT2D eigenvalue weighted by Gasteiger charge is 2.23. The van der Waals surface area contributed by atoms with Crippen LogP contribution >= 0.6 is 0 Å². The molecule has 0 bridgehead atoms. The van der Waals surface area contributed by atoms with E-state index in [1.54, 1.807) is 0 Å². The third kappa shape index (κ3) is 5.50. The Balaban J connectivity index is 1.55. The minimum Gasteiger partial charge on any atom is -0.341 e. The average Bonchev–Trinajstić information content (AvgIpc) is 3.03.